The van der Waals surface area contributed by atoms with Crippen molar-refractivity contribution in [3.63, 3.8) is 0 Å². The number of likely N-dealkylation sites (N-methyl/N-ethyl adjacent to an activating group) is 1. The number of carboxylic acids is 2. The van der Waals surface area contributed by atoms with Crippen molar-refractivity contribution in [1.82, 2.24) is 19.3 Å². The molecule has 1 atom stereocenters. The number of benzene rings is 1. The Morgan fingerprint density at radius 1 is 1.10 bits per heavy atom. The molecule has 0 unspecified atom stereocenters. The van der Waals surface area contributed by atoms with Gasteiger partial charge in [0, 0.05) is 57.4 Å². The van der Waals surface area contributed by atoms with E-state index in [1.165, 1.54) is 33.9 Å². The molecule has 3 rings (SSSR count). The minimum absolute atomic E-state index is 0.0167. The van der Waals surface area contributed by atoms with Crippen molar-refractivity contribution in [3.05, 3.63) is 35.8 Å². The largest absolute Gasteiger partial charge is 0.480 e. The summed E-state index contributed by atoms with van der Waals surface area (Å²) in [5.74, 6) is -2.71. The number of amides is 1. The molecule has 30 heavy (non-hydrogen) atoms. The third kappa shape index (κ3) is 4.60. The zero-order valence-electron chi connectivity index (χ0n) is 16.9. The second-order valence-electron chi connectivity index (χ2n) is 7.61. The van der Waals surface area contributed by atoms with Gasteiger partial charge in [-0.2, -0.15) is 0 Å². The first kappa shape index (κ1) is 21.7. The molecule has 2 N–H and O–H groups in total. The minimum atomic E-state index is -1.10. The molecule has 0 radical (unpaired) electrons. The molecule has 1 saturated heterocycles. The van der Waals surface area contributed by atoms with Crippen molar-refractivity contribution in [3.8, 4) is 0 Å². The highest BCUT2D eigenvalue weighted by molar-refractivity contribution is 5.90. The van der Waals surface area contributed by atoms with Crippen LogP contribution in [0.25, 0.3) is 10.9 Å². The van der Waals surface area contributed by atoms with Crippen LogP contribution < -0.4 is 0 Å². The fraction of sp³-hybridized carbons (Fsp3) is 0.450. The van der Waals surface area contributed by atoms with Gasteiger partial charge < -0.3 is 19.7 Å². The number of aliphatic carboxylic acids is 2. The van der Waals surface area contributed by atoms with E-state index in [0.717, 1.165) is 0 Å². The van der Waals surface area contributed by atoms with Crippen molar-refractivity contribution in [2.24, 2.45) is 0 Å². The molecule has 2 aromatic rings. The first-order valence-corrected chi connectivity index (χ1v) is 9.57. The molecule has 10 heteroatoms. The van der Waals surface area contributed by atoms with Crippen LogP contribution in [-0.2, 0) is 20.9 Å². The maximum absolute atomic E-state index is 13.8. The molecular formula is C20H25FN4O5. The van der Waals surface area contributed by atoms with Gasteiger partial charge in [-0.15, -0.1) is 0 Å². The van der Waals surface area contributed by atoms with Crippen LogP contribution in [0.4, 0.5) is 4.39 Å². The SMILES string of the molecule is CN(C)C(=O)CN1CCN([C@H](C(=O)O)c2cn(CC(=O)O)c3cc(F)ccc23)CC1. The number of hydrogen-bond donors (Lipinski definition) is 2. The first-order chi connectivity index (χ1) is 14.2. The number of nitrogens with zero attached hydrogens (tertiary/aromatic N) is 4. The number of hydrogen-bond acceptors (Lipinski definition) is 5. The number of halogens is 1. The second kappa shape index (κ2) is 8.80. The van der Waals surface area contributed by atoms with E-state index >= 15 is 0 Å². The molecule has 9 nitrogen and oxygen atoms in total. The Labute approximate surface area is 172 Å². The summed E-state index contributed by atoms with van der Waals surface area (Å²) in [4.78, 5) is 40.6. The predicted octanol–water partition coefficient (Wildman–Crippen LogP) is 0.697. The highest BCUT2D eigenvalue weighted by Gasteiger charge is 2.33. The summed E-state index contributed by atoms with van der Waals surface area (Å²) in [6, 6.07) is 2.94. The monoisotopic (exact) mass is 420 g/mol. The van der Waals surface area contributed by atoms with Crippen LogP contribution in [0.1, 0.15) is 11.6 Å². The average molecular weight is 420 g/mol. The number of rotatable bonds is 7. The Balaban J connectivity index is 1.87. The molecule has 0 saturated carbocycles. The number of carbonyl (C=O) groups is 3. The van der Waals surface area contributed by atoms with Crippen molar-refractivity contribution in [2.75, 3.05) is 46.8 Å². The van der Waals surface area contributed by atoms with Crippen LogP contribution in [0.3, 0.4) is 0 Å². The number of aromatic nitrogens is 1. The third-order valence-electron chi connectivity index (χ3n) is 5.34. The molecule has 1 aromatic carbocycles. The van der Waals surface area contributed by atoms with Gasteiger partial charge in [0.25, 0.3) is 0 Å². The van der Waals surface area contributed by atoms with Crippen molar-refractivity contribution < 1.29 is 29.0 Å². The Kier molecular flexibility index (Phi) is 6.37. The lowest BCUT2D eigenvalue weighted by Gasteiger charge is -2.37. The van der Waals surface area contributed by atoms with Crippen molar-refractivity contribution >= 4 is 28.7 Å². The fourth-order valence-corrected chi connectivity index (χ4v) is 3.79. The average Bonchev–Trinajstić information content (AvgIpc) is 2.99. The number of carboxylic acid groups (broad SMARTS) is 2. The summed E-state index contributed by atoms with van der Waals surface area (Å²) in [7, 11) is 3.38. The zero-order chi connectivity index (χ0) is 22.0. The van der Waals surface area contributed by atoms with Gasteiger partial charge in [0.1, 0.15) is 18.4 Å². The van der Waals surface area contributed by atoms with Crippen molar-refractivity contribution in [1.29, 1.82) is 0 Å². The Morgan fingerprint density at radius 2 is 1.77 bits per heavy atom. The van der Waals surface area contributed by atoms with E-state index in [1.54, 1.807) is 19.0 Å². The Morgan fingerprint density at radius 3 is 2.33 bits per heavy atom. The van der Waals surface area contributed by atoms with Gasteiger partial charge in [-0.05, 0) is 18.2 Å². The van der Waals surface area contributed by atoms with E-state index in [9.17, 15) is 23.9 Å². The molecule has 1 amide bonds. The Hall–Kier alpha value is -2.98. The van der Waals surface area contributed by atoms with E-state index in [2.05, 4.69) is 0 Å². The summed E-state index contributed by atoms with van der Waals surface area (Å²) >= 11 is 0. The molecule has 1 aliphatic rings. The van der Waals surface area contributed by atoms with Gasteiger partial charge in [0.15, 0.2) is 0 Å². The van der Waals surface area contributed by atoms with Crippen LogP contribution in [0.5, 0.6) is 0 Å². The van der Waals surface area contributed by atoms with Gasteiger partial charge in [-0.1, -0.05) is 0 Å². The number of fused-ring (bicyclic) bond motifs is 1. The summed E-state index contributed by atoms with van der Waals surface area (Å²) in [5.41, 5.74) is 0.769. The lowest BCUT2D eigenvalue weighted by atomic mass is 10.0. The standard InChI is InChI=1S/C20H25FN4O5/c1-22(2)17(26)11-23-5-7-24(8-6-23)19(20(29)30)15-10-25(12-18(27)28)16-9-13(21)3-4-14(15)16/h3-4,9-10,19H,5-8,11-12H2,1-2H3,(H,27,28)(H,29,30)/t19-/m0/s1. The quantitative estimate of drug-likeness (QED) is 0.679. The Bertz CT molecular complexity index is 966. The molecule has 2 heterocycles. The summed E-state index contributed by atoms with van der Waals surface area (Å²) in [6.07, 6.45) is 1.49. The number of carbonyl (C=O) groups excluding carboxylic acids is 1. The lowest BCUT2D eigenvalue weighted by molar-refractivity contribution is -0.145. The van der Waals surface area contributed by atoms with Crippen molar-refractivity contribution in [2.45, 2.75) is 12.6 Å². The van der Waals surface area contributed by atoms with E-state index in [1.807, 2.05) is 4.90 Å². The van der Waals surface area contributed by atoms with E-state index in [4.69, 9.17) is 5.11 Å². The van der Waals surface area contributed by atoms with Gasteiger partial charge in [0.05, 0.1) is 12.1 Å². The predicted molar refractivity (Wildman–Crippen MR) is 107 cm³/mol. The van der Waals surface area contributed by atoms with Gasteiger partial charge in [0.2, 0.25) is 5.91 Å². The third-order valence-corrected chi connectivity index (χ3v) is 5.34. The minimum Gasteiger partial charge on any atom is -0.480 e. The van der Waals surface area contributed by atoms with Crippen LogP contribution in [0.15, 0.2) is 24.4 Å². The fourth-order valence-electron chi connectivity index (χ4n) is 3.79. The van der Waals surface area contributed by atoms with E-state index in [0.29, 0.717) is 42.6 Å². The molecule has 0 aliphatic carbocycles. The van der Waals surface area contributed by atoms with Crippen LogP contribution in [0.2, 0.25) is 0 Å². The van der Waals surface area contributed by atoms with Gasteiger partial charge >= 0.3 is 11.9 Å². The molecule has 0 bridgehead atoms. The van der Waals surface area contributed by atoms with E-state index in [-0.39, 0.29) is 12.5 Å². The zero-order valence-corrected chi connectivity index (χ0v) is 16.9. The maximum atomic E-state index is 13.8. The summed E-state index contributed by atoms with van der Waals surface area (Å²) in [6.45, 7) is 1.81. The smallest absolute Gasteiger partial charge is 0.325 e. The van der Waals surface area contributed by atoms with E-state index < -0.39 is 30.3 Å². The highest BCUT2D eigenvalue weighted by atomic mass is 19.1. The lowest BCUT2D eigenvalue weighted by Crippen LogP contribution is -2.51. The first-order valence-electron chi connectivity index (χ1n) is 9.57. The van der Waals surface area contributed by atoms with Gasteiger partial charge in [-0.3, -0.25) is 24.2 Å². The molecule has 1 aliphatic heterocycles. The second-order valence-corrected chi connectivity index (χ2v) is 7.61. The number of piperazine rings is 1. The van der Waals surface area contributed by atoms with Crippen LogP contribution >= 0.6 is 0 Å². The molecule has 0 spiro atoms. The summed E-state index contributed by atoms with van der Waals surface area (Å²) < 4.78 is 15.1. The highest BCUT2D eigenvalue weighted by Crippen LogP contribution is 2.32. The molecule has 1 fully saturated rings. The summed E-state index contributed by atoms with van der Waals surface area (Å²) in [5, 5.41) is 19.6. The molecular weight excluding hydrogens is 395 g/mol. The van der Waals surface area contributed by atoms with Gasteiger partial charge in [-0.25, -0.2) is 4.39 Å². The topological polar surface area (TPSA) is 106 Å². The van der Waals surface area contributed by atoms with Crippen LogP contribution in [0, 0.1) is 5.82 Å². The normalized spacial score (nSPS) is 16.5. The van der Waals surface area contributed by atoms with Crippen LogP contribution in [-0.4, -0.2) is 94.1 Å². The maximum Gasteiger partial charge on any atom is 0.325 e. The molecule has 162 valence electrons. The molecule has 1 aromatic heterocycles.